The minimum absolute atomic E-state index is 0.0658. The number of fused-ring (bicyclic) bond motifs is 1. The van der Waals surface area contributed by atoms with Gasteiger partial charge in [0, 0.05) is 38.2 Å². The molecule has 19 heavy (non-hydrogen) atoms. The number of alkyl halides is 2. The highest BCUT2D eigenvalue weighted by molar-refractivity contribution is 5.54. The number of aromatic nitrogens is 2. The van der Waals surface area contributed by atoms with E-state index in [4.69, 9.17) is 0 Å². The van der Waals surface area contributed by atoms with Gasteiger partial charge < -0.3 is 9.80 Å². The SMILES string of the molecule is C[C@@H]1CC(F)(F)c2ncnc(N3CCN(C)CC3)c21. The fraction of sp³-hybridized carbons (Fsp3) is 0.692. The Labute approximate surface area is 111 Å². The molecule has 4 nitrogen and oxygen atoms in total. The van der Waals surface area contributed by atoms with Crippen molar-refractivity contribution in [2.75, 3.05) is 38.1 Å². The number of rotatable bonds is 1. The molecule has 0 N–H and O–H groups in total. The molecule has 1 aliphatic heterocycles. The number of hydrogen-bond donors (Lipinski definition) is 0. The van der Waals surface area contributed by atoms with Crippen LogP contribution >= 0.6 is 0 Å². The van der Waals surface area contributed by atoms with E-state index in [1.807, 2.05) is 6.92 Å². The second-order valence-corrected chi connectivity index (χ2v) is 5.56. The number of likely N-dealkylation sites (N-methyl/N-ethyl adjacent to an activating group) is 1. The first-order valence-electron chi connectivity index (χ1n) is 6.66. The molecule has 1 saturated heterocycles. The highest BCUT2D eigenvalue weighted by atomic mass is 19.3. The zero-order valence-electron chi connectivity index (χ0n) is 11.2. The highest BCUT2D eigenvalue weighted by Crippen LogP contribution is 2.49. The minimum atomic E-state index is -2.81. The Kier molecular flexibility index (Phi) is 2.92. The van der Waals surface area contributed by atoms with Crippen LogP contribution in [0.4, 0.5) is 14.6 Å². The van der Waals surface area contributed by atoms with Crippen molar-refractivity contribution in [3.05, 3.63) is 17.6 Å². The molecule has 1 atom stereocenters. The van der Waals surface area contributed by atoms with Crippen LogP contribution in [0.5, 0.6) is 0 Å². The van der Waals surface area contributed by atoms with E-state index in [0.717, 1.165) is 26.2 Å². The molecule has 1 aromatic rings. The molecule has 3 rings (SSSR count). The zero-order valence-corrected chi connectivity index (χ0v) is 11.2. The van der Waals surface area contributed by atoms with Crippen LogP contribution in [0, 0.1) is 0 Å². The standard InChI is InChI=1S/C13H18F2N4/c1-9-7-13(14,15)11-10(9)12(17-8-16-11)19-5-3-18(2)4-6-19/h8-9H,3-7H2,1-2H3/t9-/m1/s1. The maximum Gasteiger partial charge on any atom is 0.290 e. The van der Waals surface area contributed by atoms with E-state index < -0.39 is 5.92 Å². The van der Waals surface area contributed by atoms with Gasteiger partial charge in [0.2, 0.25) is 0 Å². The molecule has 1 aromatic heterocycles. The van der Waals surface area contributed by atoms with Crippen molar-refractivity contribution in [1.82, 2.24) is 14.9 Å². The zero-order chi connectivity index (χ0) is 13.6. The molecule has 1 aliphatic carbocycles. The summed E-state index contributed by atoms with van der Waals surface area (Å²) in [7, 11) is 2.07. The topological polar surface area (TPSA) is 32.3 Å². The Morgan fingerprint density at radius 1 is 1.21 bits per heavy atom. The molecule has 2 heterocycles. The second kappa shape index (κ2) is 4.37. The first kappa shape index (κ1) is 12.7. The van der Waals surface area contributed by atoms with Crippen LogP contribution in [0.2, 0.25) is 0 Å². The fourth-order valence-electron chi connectivity index (χ4n) is 2.99. The lowest BCUT2D eigenvalue weighted by Gasteiger charge is -2.34. The van der Waals surface area contributed by atoms with Gasteiger partial charge in [0.05, 0.1) is 0 Å². The van der Waals surface area contributed by atoms with E-state index in [9.17, 15) is 8.78 Å². The maximum absolute atomic E-state index is 13.9. The molecule has 104 valence electrons. The molecule has 0 saturated carbocycles. The predicted molar refractivity (Wildman–Crippen MR) is 68.7 cm³/mol. The Morgan fingerprint density at radius 3 is 2.58 bits per heavy atom. The number of hydrogen-bond acceptors (Lipinski definition) is 4. The molecule has 0 amide bonds. The van der Waals surface area contributed by atoms with Gasteiger partial charge in [-0.2, -0.15) is 8.78 Å². The van der Waals surface area contributed by atoms with Crippen LogP contribution in [0.1, 0.15) is 30.5 Å². The molecule has 0 radical (unpaired) electrons. The minimum Gasteiger partial charge on any atom is -0.354 e. The van der Waals surface area contributed by atoms with Crippen LogP contribution in [0.25, 0.3) is 0 Å². The molecule has 0 spiro atoms. The summed E-state index contributed by atoms with van der Waals surface area (Å²) in [6, 6.07) is 0. The van der Waals surface area contributed by atoms with Gasteiger partial charge in [-0.05, 0) is 13.0 Å². The average Bonchev–Trinajstić information content (AvgIpc) is 2.61. The van der Waals surface area contributed by atoms with Gasteiger partial charge in [0.15, 0.2) is 0 Å². The fourth-order valence-corrected chi connectivity index (χ4v) is 2.99. The highest BCUT2D eigenvalue weighted by Gasteiger charge is 2.47. The Morgan fingerprint density at radius 2 is 1.89 bits per heavy atom. The monoisotopic (exact) mass is 268 g/mol. The molecule has 2 aliphatic rings. The summed E-state index contributed by atoms with van der Waals surface area (Å²) in [5, 5.41) is 0. The van der Waals surface area contributed by atoms with Crippen molar-refractivity contribution in [2.24, 2.45) is 0 Å². The average molecular weight is 268 g/mol. The van der Waals surface area contributed by atoms with Gasteiger partial charge in [-0.25, -0.2) is 9.97 Å². The first-order valence-corrected chi connectivity index (χ1v) is 6.66. The van der Waals surface area contributed by atoms with Gasteiger partial charge in [-0.15, -0.1) is 0 Å². The summed E-state index contributed by atoms with van der Waals surface area (Å²) in [5.41, 5.74) is 0.584. The molecular weight excluding hydrogens is 250 g/mol. The summed E-state index contributed by atoms with van der Waals surface area (Å²) < 4.78 is 27.8. The van der Waals surface area contributed by atoms with Crippen LogP contribution in [0.15, 0.2) is 6.33 Å². The smallest absolute Gasteiger partial charge is 0.290 e. The van der Waals surface area contributed by atoms with Crippen LogP contribution < -0.4 is 4.90 Å². The number of halogens is 2. The van der Waals surface area contributed by atoms with Crippen LogP contribution in [0.3, 0.4) is 0 Å². The van der Waals surface area contributed by atoms with Crippen molar-refractivity contribution in [3.8, 4) is 0 Å². The number of anilines is 1. The van der Waals surface area contributed by atoms with E-state index in [1.165, 1.54) is 6.33 Å². The van der Waals surface area contributed by atoms with Crippen molar-refractivity contribution in [2.45, 2.75) is 25.2 Å². The lowest BCUT2D eigenvalue weighted by atomic mass is 10.1. The molecule has 1 fully saturated rings. The summed E-state index contributed by atoms with van der Waals surface area (Å²) >= 11 is 0. The summed E-state index contributed by atoms with van der Waals surface area (Å²) in [6.07, 6.45) is 1.13. The molecule has 6 heteroatoms. The Balaban J connectivity index is 1.98. The van der Waals surface area contributed by atoms with Gasteiger partial charge in [-0.1, -0.05) is 6.92 Å². The lowest BCUT2D eigenvalue weighted by Crippen LogP contribution is -2.45. The van der Waals surface area contributed by atoms with Crippen molar-refractivity contribution < 1.29 is 8.78 Å². The van der Waals surface area contributed by atoms with Crippen LogP contribution in [-0.4, -0.2) is 48.1 Å². The first-order chi connectivity index (χ1) is 8.99. The van der Waals surface area contributed by atoms with Gasteiger partial charge in [-0.3, -0.25) is 0 Å². The van der Waals surface area contributed by atoms with E-state index >= 15 is 0 Å². The van der Waals surface area contributed by atoms with E-state index in [-0.39, 0.29) is 18.0 Å². The quantitative estimate of drug-likeness (QED) is 0.778. The normalized spacial score (nSPS) is 26.5. The summed E-state index contributed by atoms with van der Waals surface area (Å²) in [5.74, 6) is -2.28. The van der Waals surface area contributed by atoms with Gasteiger partial charge in [0.1, 0.15) is 17.8 Å². The largest absolute Gasteiger partial charge is 0.354 e. The van der Waals surface area contributed by atoms with Gasteiger partial charge >= 0.3 is 0 Å². The van der Waals surface area contributed by atoms with Crippen molar-refractivity contribution >= 4 is 5.82 Å². The molecule has 0 bridgehead atoms. The third-order valence-corrected chi connectivity index (χ3v) is 4.07. The lowest BCUT2D eigenvalue weighted by molar-refractivity contribution is -0.00976. The van der Waals surface area contributed by atoms with Crippen molar-refractivity contribution in [3.63, 3.8) is 0 Å². The Bertz CT molecular complexity index is 484. The summed E-state index contributed by atoms with van der Waals surface area (Å²) in [6.45, 7) is 5.37. The van der Waals surface area contributed by atoms with Gasteiger partial charge in [0.25, 0.3) is 5.92 Å². The predicted octanol–water partition coefficient (Wildman–Crippen LogP) is 1.83. The third-order valence-electron chi connectivity index (χ3n) is 4.07. The molecule has 0 aromatic carbocycles. The molecular formula is C13H18F2N4. The second-order valence-electron chi connectivity index (χ2n) is 5.56. The van der Waals surface area contributed by atoms with Crippen LogP contribution in [-0.2, 0) is 5.92 Å². The van der Waals surface area contributed by atoms with E-state index in [1.54, 1.807) is 0 Å². The van der Waals surface area contributed by atoms with E-state index in [0.29, 0.717) is 11.4 Å². The number of nitrogens with zero attached hydrogens (tertiary/aromatic N) is 4. The Hall–Kier alpha value is -1.30. The van der Waals surface area contributed by atoms with Crippen molar-refractivity contribution in [1.29, 1.82) is 0 Å². The summed E-state index contributed by atoms with van der Waals surface area (Å²) in [4.78, 5) is 12.5. The maximum atomic E-state index is 13.9. The van der Waals surface area contributed by atoms with E-state index in [2.05, 4.69) is 26.8 Å². The third kappa shape index (κ3) is 2.08. The molecule has 0 unspecified atom stereocenters. The number of piperazine rings is 1.